The second-order valence-corrected chi connectivity index (χ2v) is 12.5. The predicted molar refractivity (Wildman–Crippen MR) is 136 cm³/mol. The summed E-state index contributed by atoms with van der Waals surface area (Å²) in [6.07, 6.45) is 14.6. The van der Waals surface area contributed by atoms with Crippen LogP contribution in [0, 0.1) is 28.6 Å². The molecule has 7 atom stereocenters. The van der Waals surface area contributed by atoms with E-state index in [9.17, 15) is 9.59 Å². The summed E-state index contributed by atoms with van der Waals surface area (Å²) in [5.74, 6) is 2.78. The van der Waals surface area contributed by atoms with E-state index in [2.05, 4.69) is 35.6 Å². The van der Waals surface area contributed by atoms with Crippen LogP contribution in [0.2, 0.25) is 0 Å². The Morgan fingerprint density at radius 3 is 2.74 bits per heavy atom. The average Bonchev–Trinajstić information content (AvgIpc) is 3.54. The fourth-order valence-corrected chi connectivity index (χ4v) is 9.22. The Morgan fingerprint density at radius 2 is 1.97 bits per heavy atom. The number of nitrogens with one attached hydrogen (secondary N) is 1. The van der Waals surface area contributed by atoms with Gasteiger partial charge < -0.3 is 9.47 Å². The van der Waals surface area contributed by atoms with Crippen LogP contribution in [0.1, 0.15) is 74.6 Å². The number of aromatic nitrogens is 3. The van der Waals surface area contributed by atoms with Crippen LogP contribution < -0.4 is 5.32 Å². The van der Waals surface area contributed by atoms with Crippen LogP contribution in [0.5, 0.6) is 0 Å². The number of anilines is 1. The Morgan fingerprint density at radius 1 is 1.14 bits per heavy atom. The van der Waals surface area contributed by atoms with E-state index < -0.39 is 0 Å². The van der Waals surface area contributed by atoms with Crippen molar-refractivity contribution in [3.05, 3.63) is 41.4 Å². The maximum absolute atomic E-state index is 12.6. The molecule has 7 nitrogen and oxygen atoms in total. The Bertz CT molecular complexity index is 1200. The van der Waals surface area contributed by atoms with Crippen molar-refractivity contribution in [1.29, 1.82) is 0 Å². The number of hydrogen-bond donors (Lipinski definition) is 1. The first-order valence-electron chi connectivity index (χ1n) is 12.9. The number of aryl methyl sites for hydroxylation is 1. The first-order valence-corrected chi connectivity index (χ1v) is 13.8. The van der Waals surface area contributed by atoms with E-state index >= 15 is 0 Å². The lowest BCUT2D eigenvalue weighted by molar-refractivity contribution is -0.138. The summed E-state index contributed by atoms with van der Waals surface area (Å²) in [5, 5.41) is 5.76. The summed E-state index contributed by atoms with van der Waals surface area (Å²) < 4.78 is 1.72. The van der Waals surface area contributed by atoms with E-state index in [1.807, 2.05) is 25.1 Å². The van der Waals surface area contributed by atoms with E-state index in [1.54, 1.807) is 17.0 Å². The molecule has 3 aliphatic carbocycles. The molecule has 35 heavy (non-hydrogen) atoms. The van der Waals surface area contributed by atoms with Crippen molar-refractivity contribution in [3.63, 3.8) is 0 Å². The van der Waals surface area contributed by atoms with Crippen molar-refractivity contribution in [3.8, 4) is 0 Å². The number of carbonyl (C=O) groups excluding carboxylic acids is 2. The van der Waals surface area contributed by atoms with Gasteiger partial charge in [0.1, 0.15) is 0 Å². The van der Waals surface area contributed by atoms with Gasteiger partial charge in [-0.3, -0.25) is 14.9 Å². The molecule has 186 valence electrons. The third-order valence-electron chi connectivity index (χ3n) is 10.3. The van der Waals surface area contributed by atoms with Crippen molar-refractivity contribution in [1.82, 2.24) is 19.4 Å². The normalized spacial score (nSPS) is 38.1. The Hall–Kier alpha value is -2.48. The highest BCUT2D eigenvalue weighted by molar-refractivity contribution is 7.14. The number of carbonyl (C=O) groups is 2. The molecule has 3 fully saturated rings. The molecule has 0 spiro atoms. The van der Waals surface area contributed by atoms with Crippen LogP contribution in [0.15, 0.2) is 29.9 Å². The number of hydrogen-bond acceptors (Lipinski definition) is 5. The summed E-state index contributed by atoms with van der Waals surface area (Å²) in [6.45, 7) is 4.90. The molecule has 2 aromatic rings. The second-order valence-electron chi connectivity index (χ2n) is 11.7. The molecule has 2 aromatic heterocycles. The number of imidazole rings is 1. The second kappa shape index (κ2) is 8.02. The molecule has 0 bridgehead atoms. The number of fused-ring (bicyclic) bond motifs is 5. The van der Waals surface area contributed by atoms with Gasteiger partial charge in [0.2, 0.25) is 5.91 Å². The summed E-state index contributed by atoms with van der Waals surface area (Å²) in [6, 6.07) is 0.325. The zero-order valence-corrected chi connectivity index (χ0v) is 21.8. The predicted octanol–water partition coefficient (Wildman–Crippen LogP) is 4.85. The fraction of sp³-hybridized carbons (Fsp3) is 0.630. The lowest BCUT2D eigenvalue weighted by atomic mass is 9.47. The summed E-state index contributed by atoms with van der Waals surface area (Å²) in [4.78, 5) is 36.0. The molecular formula is C27H35N5O2S. The topological polar surface area (TPSA) is 80.1 Å². The zero-order chi connectivity index (χ0) is 24.5. The zero-order valence-electron chi connectivity index (χ0n) is 21.0. The third-order valence-corrected chi connectivity index (χ3v) is 11.0. The van der Waals surface area contributed by atoms with Crippen LogP contribution >= 0.6 is 11.3 Å². The molecule has 6 rings (SSSR count). The molecule has 1 aliphatic heterocycles. The van der Waals surface area contributed by atoms with Gasteiger partial charge in [-0.1, -0.05) is 19.9 Å². The quantitative estimate of drug-likeness (QED) is 0.663. The molecule has 0 aromatic carbocycles. The monoisotopic (exact) mass is 493 g/mol. The smallest absolute Gasteiger partial charge is 0.293 e. The number of nitrogens with zero attached hydrogens (tertiary/aromatic N) is 4. The maximum atomic E-state index is 12.6. The number of amides is 2. The first-order chi connectivity index (χ1) is 16.7. The van der Waals surface area contributed by atoms with E-state index in [-0.39, 0.29) is 22.6 Å². The van der Waals surface area contributed by atoms with E-state index in [1.165, 1.54) is 37.0 Å². The van der Waals surface area contributed by atoms with Crippen molar-refractivity contribution < 1.29 is 9.59 Å². The average molecular weight is 494 g/mol. The molecule has 0 radical (unpaired) electrons. The minimum absolute atomic E-state index is 0.0774. The van der Waals surface area contributed by atoms with Gasteiger partial charge in [0.05, 0.1) is 5.69 Å². The molecular weight excluding hydrogens is 458 g/mol. The van der Waals surface area contributed by atoms with Crippen LogP contribution in [0.3, 0.4) is 0 Å². The molecule has 2 unspecified atom stereocenters. The standard InChI is InChI=1S/C27H35N5O2S/c1-26-11-9-18-16(5-8-21-27(18,2)12-10-22(33)32(21)4)17(26)6-7-19(26)20-15-35-25(29-20)30-24(34)23-28-13-14-31(23)3/h10,12-19,21H,5-9,11H2,1-4H3,(H,29,30,34)/t16-,17-,18+,19?,21?,26-,27+/m0/s1. The number of thiazole rings is 1. The first kappa shape index (κ1) is 23.0. The van der Waals surface area contributed by atoms with Gasteiger partial charge in [0.15, 0.2) is 11.0 Å². The Kier molecular flexibility index (Phi) is 5.26. The lowest BCUT2D eigenvalue weighted by Crippen LogP contribution is -2.59. The highest BCUT2D eigenvalue weighted by Crippen LogP contribution is 2.67. The van der Waals surface area contributed by atoms with E-state index in [4.69, 9.17) is 4.98 Å². The molecule has 2 amide bonds. The van der Waals surface area contributed by atoms with Gasteiger partial charge >= 0.3 is 0 Å². The summed E-state index contributed by atoms with van der Waals surface area (Å²) in [7, 11) is 3.80. The third kappa shape index (κ3) is 3.35. The van der Waals surface area contributed by atoms with Crippen molar-refractivity contribution in [2.45, 2.75) is 64.3 Å². The highest BCUT2D eigenvalue weighted by atomic mass is 32.1. The fourth-order valence-electron chi connectivity index (χ4n) is 8.47. The summed E-state index contributed by atoms with van der Waals surface area (Å²) >= 11 is 1.52. The SMILES string of the molecule is CN1C(=O)C=C[C@@]2(C)C1CC[C@@H]1[C@H]2CC[C@]2(C)C(c3csc(NC(=O)c4nccn4C)n3)CC[C@@H]12. The van der Waals surface area contributed by atoms with Crippen molar-refractivity contribution in [2.24, 2.45) is 35.6 Å². The van der Waals surface area contributed by atoms with Gasteiger partial charge in [-0.25, -0.2) is 9.97 Å². The highest BCUT2D eigenvalue weighted by Gasteiger charge is 2.60. The molecule has 8 heteroatoms. The van der Waals surface area contributed by atoms with Crippen LogP contribution in [0.25, 0.3) is 0 Å². The molecule has 1 N–H and O–H groups in total. The Balaban J connectivity index is 1.22. The van der Waals surface area contributed by atoms with Crippen LogP contribution in [0.4, 0.5) is 5.13 Å². The minimum atomic E-state index is -0.219. The minimum Gasteiger partial charge on any atom is -0.338 e. The number of rotatable bonds is 3. The lowest BCUT2D eigenvalue weighted by Gasteiger charge is -2.60. The summed E-state index contributed by atoms with van der Waals surface area (Å²) in [5.41, 5.74) is 1.45. The van der Waals surface area contributed by atoms with Gasteiger partial charge in [-0.15, -0.1) is 11.3 Å². The van der Waals surface area contributed by atoms with E-state index in [0.717, 1.165) is 18.5 Å². The maximum Gasteiger partial charge on any atom is 0.293 e. The van der Waals surface area contributed by atoms with Gasteiger partial charge in [-0.2, -0.15) is 0 Å². The molecule has 4 aliphatic rings. The van der Waals surface area contributed by atoms with E-state index in [0.29, 0.717) is 40.7 Å². The largest absolute Gasteiger partial charge is 0.338 e. The number of likely N-dealkylation sites (N-methyl/N-ethyl adjacent to an activating group) is 1. The molecule has 3 heterocycles. The van der Waals surface area contributed by atoms with Crippen molar-refractivity contribution in [2.75, 3.05) is 12.4 Å². The van der Waals surface area contributed by atoms with Gasteiger partial charge in [-0.05, 0) is 67.8 Å². The Labute approximate surface area is 211 Å². The van der Waals surface area contributed by atoms with Crippen molar-refractivity contribution >= 4 is 28.3 Å². The van der Waals surface area contributed by atoms with Crippen LogP contribution in [-0.2, 0) is 11.8 Å². The molecule has 3 saturated carbocycles. The molecule has 0 saturated heterocycles. The van der Waals surface area contributed by atoms with Gasteiger partial charge in [0.25, 0.3) is 5.91 Å². The van der Waals surface area contributed by atoms with Gasteiger partial charge in [0, 0.05) is 49.2 Å². The van der Waals surface area contributed by atoms with Crippen LogP contribution in [-0.4, -0.2) is 44.3 Å².